The summed E-state index contributed by atoms with van der Waals surface area (Å²) in [5.41, 5.74) is 0.316. The average molecular weight is 324 g/mol. The number of carbonyl (C=O) groups is 2. The fraction of sp³-hybridized carbons (Fsp3) is 0.375. The van der Waals surface area contributed by atoms with Crippen LogP contribution in [-0.4, -0.2) is 32.1 Å². The van der Waals surface area contributed by atoms with Crippen LogP contribution in [0.2, 0.25) is 5.02 Å². The minimum atomic E-state index is -0.472. The molecule has 1 saturated carbocycles. The van der Waals surface area contributed by atoms with Crippen LogP contribution in [0.3, 0.4) is 0 Å². The topological polar surface area (TPSA) is 64.6 Å². The van der Waals surface area contributed by atoms with Gasteiger partial charge < -0.3 is 14.8 Å². The van der Waals surface area contributed by atoms with E-state index >= 15 is 0 Å². The van der Waals surface area contributed by atoms with E-state index in [9.17, 15) is 9.59 Å². The van der Waals surface area contributed by atoms with Crippen molar-refractivity contribution in [1.29, 1.82) is 0 Å². The van der Waals surface area contributed by atoms with Crippen LogP contribution >= 0.6 is 11.6 Å². The molecule has 0 atom stereocenters. The molecule has 0 unspecified atom stereocenters. The van der Waals surface area contributed by atoms with Crippen molar-refractivity contribution in [1.82, 2.24) is 5.32 Å². The lowest BCUT2D eigenvalue weighted by molar-refractivity contribution is -0.134. The monoisotopic (exact) mass is 323 g/mol. The molecule has 2 rings (SSSR count). The number of hydrogen-bond donors (Lipinski definition) is 1. The highest BCUT2D eigenvalue weighted by atomic mass is 35.5. The number of carbonyl (C=O) groups excluding carboxylic acids is 2. The third kappa shape index (κ3) is 4.77. The Morgan fingerprint density at radius 3 is 2.86 bits per heavy atom. The molecule has 118 valence electrons. The zero-order valence-corrected chi connectivity index (χ0v) is 13.1. The molecule has 1 aliphatic carbocycles. The molecule has 0 aliphatic heterocycles. The molecule has 22 heavy (non-hydrogen) atoms. The van der Waals surface area contributed by atoms with Gasteiger partial charge in [0.25, 0.3) is 5.91 Å². The summed E-state index contributed by atoms with van der Waals surface area (Å²) in [6.07, 6.45) is 5.09. The summed E-state index contributed by atoms with van der Waals surface area (Å²) in [5.74, 6) is 0.248. The lowest BCUT2D eigenvalue weighted by Gasteiger charge is -2.12. The lowest BCUT2D eigenvalue weighted by atomic mass is 10.2. The normalized spacial score (nSPS) is 13.9. The molecule has 6 heteroatoms. The van der Waals surface area contributed by atoms with Crippen LogP contribution in [0.15, 0.2) is 30.4 Å². The maximum Gasteiger partial charge on any atom is 0.330 e. The van der Waals surface area contributed by atoms with Crippen molar-refractivity contribution in [2.45, 2.75) is 12.8 Å². The summed E-state index contributed by atoms with van der Waals surface area (Å²) in [6.45, 7) is 0.796. The highest BCUT2D eigenvalue weighted by Crippen LogP contribution is 2.32. The molecule has 0 saturated heterocycles. The van der Waals surface area contributed by atoms with E-state index in [4.69, 9.17) is 16.3 Å². The van der Waals surface area contributed by atoms with Crippen molar-refractivity contribution in [3.05, 3.63) is 40.9 Å². The molecule has 5 nitrogen and oxygen atoms in total. The van der Waals surface area contributed by atoms with Gasteiger partial charge in [-0.05, 0) is 30.9 Å². The smallest absolute Gasteiger partial charge is 0.330 e. The summed E-state index contributed by atoms with van der Waals surface area (Å²) < 4.78 is 10.1. The number of amides is 1. The van der Waals surface area contributed by atoms with Crippen LogP contribution in [0.1, 0.15) is 23.2 Å². The summed E-state index contributed by atoms with van der Waals surface area (Å²) >= 11 is 6.11. The van der Waals surface area contributed by atoms with Gasteiger partial charge in [0.15, 0.2) is 0 Å². The van der Waals surface area contributed by atoms with E-state index in [1.54, 1.807) is 18.2 Å². The molecule has 0 spiro atoms. The molecule has 0 heterocycles. The number of nitrogens with one attached hydrogen (secondary N) is 1. The van der Waals surface area contributed by atoms with E-state index in [0.717, 1.165) is 0 Å². The number of rotatable bonds is 7. The van der Waals surface area contributed by atoms with Crippen molar-refractivity contribution in [3.8, 4) is 5.75 Å². The van der Waals surface area contributed by atoms with Crippen LogP contribution in [0.4, 0.5) is 0 Å². The van der Waals surface area contributed by atoms with E-state index in [2.05, 4.69) is 10.1 Å². The number of halogens is 1. The predicted molar refractivity (Wildman–Crippen MR) is 83.2 cm³/mol. The fourth-order valence-corrected chi connectivity index (χ4v) is 2.05. The van der Waals surface area contributed by atoms with Gasteiger partial charge in [-0.15, -0.1) is 0 Å². The van der Waals surface area contributed by atoms with Crippen LogP contribution in [0.5, 0.6) is 5.75 Å². The maximum absolute atomic E-state index is 12.2. The van der Waals surface area contributed by atoms with Gasteiger partial charge in [0.2, 0.25) is 0 Å². The SMILES string of the molecule is COC(=O)/C=C/CNC(=O)c1c(Cl)cccc1OCC1CC1. The lowest BCUT2D eigenvalue weighted by Crippen LogP contribution is -2.24. The number of esters is 1. The van der Waals surface area contributed by atoms with Gasteiger partial charge in [-0.25, -0.2) is 4.79 Å². The van der Waals surface area contributed by atoms with Crippen molar-refractivity contribution in [2.75, 3.05) is 20.3 Å². The molecule has 1 aromatic carbocycles. The molecule has 1 aliphatic rings. The Balaban J connectivity index is 1.97. The summed E-state index contributed by atoms with van der Waals surface area (Å²) in [5, 5.41) is 3.00. The Bertz CT molecular complexity index is 582. The zero-order chi connectivity index (χ0) is 15.9. The highest BCUT2D eigenvalue weighted by molar-refractivity contribution is 6.34. The highest BCUT2D eigenvalue weighted by Gasteiger charge is 2.23. The Morgan fingerprint density at radius 2 is 2.18 bits per heavy atom. The van der Waals surface area contributed by atoms with E-state index in [-0.39, 0.29) is 12.5 Å². The first-order valence-corrected chi connectivity index (χ1v) is 7.43. The number of methoxy groups -OCH3 is 1. The van der Waals surface area contributed by atoms with Gasteiger partial charge in [-0.2, -0.15) is 0 Å². The van der Waals surface area contributed by atoms with Crippen LogP contribution in [0.25, 0.3) is 0 Å². The zero-order valence-electron chi connectivity index (χ0n) is 12.3. The van der Waals surface area contributed by atoms with Crippen LogP contribution in [-0.2, 0) is 9.53 Å². The third-order valence-electron chi connectivity index (χ3n) is 3.21. The van der Waals surface area contributed by atoms with Gasteiger partial charge in [-0.1, -0.05) is 23.7 Å². The second-order valence-corrected chi connectivity index (χ2v) is 5.41. The third-order valence-corrected chi connectivity index (χ3v) is 3.52. The van der Waals surface area contributed by atoms with Gasteiger partial charge in [0.1, 0.15) is 5.75 Å². The van der Waals surface area contributed by atoms with Gasteiger partial charge >= 0.3 is 5.97 Å². The number of benzene rings is 1. The molecule has 0 aromatic heterocycles. The van der Waals surface area contributed by atoms with Gasteiger partial charge in [-0.3, -0.25) is 4.79 Å². The fourth-order valence-electron chi connectivity index (χ4n) is 1.80. The van der Waals surface area contributed by atoms with Gasteiger partial charge in [0.05, 0.1) is 24.3 Å². The summed E-state index contributed by atoms with van der Waals surface area (Å²) in [4.78, 5) is 23.2. The molecular formula is C16H18ClNO4. The predicted octanol–water partition coefficient (Wildman–Crippen LogP) is 2.59. The Kier molecular flexibility index (Phi) is 5.83. The average Bonchev–Trinajstić information content (AvgIpc) is 3.33. The van der Waals surface area contributed by atoms with Crippen molar-refractivity contribution < 1.29 is 19.1 Å². The second kappa shape index (κ2) is 7.84. The largest absolute Gasteiger partial charge is 0.492 e. The summed E-state index contributed by atoms with van der Waals surface area (Å²) in [6, 6.07) is 5.12. The maximum atomic E-state index is 12.2. The molecule has 1 aromatic rings. The van der Waals surface area contributed by atoms with Crippen LogP contribution in [0, 0.1) is 5.92 Å². The molecule has 0 radical (unpaired) electrons. The number of ether oxygens (including phenoxy) is 2. The standard InChI is InChI=1S/C16H18ClNO4/c1-21-14(19)6-3-9-18-16(20)15-12(17)4-2-5-13(15)22-10-11-7-8-11/h2-6,11H,7-10H2,1H3,(H,18,20)/b6-3+. The van der Waals surface area contributed by atoms with E-state index in [1.807, 2.05) is 0 Å². The first-order chi connectivity index (χ1) is 10.6. The Labute approximate surface area is 134 Å². The molecule has 1 amide bonds. The number of hydrogen-bond acceptors (Lipinski definition) is 4. The Morgan fingerprint density at radius 1 is 1.41 bits per heavy atom. The minimum absolute atomic E-state index is 0.196. The Hall–Kier alpha value is -2.01. The van der Waals surface area contributed by atoms with Gasteiger partial charge in [0, 0.05) is 12.6 Å². The van der Waals surface area contributed by atoms with E-state index in [1.165, 1.54) is 32.1 Å². The second-order valence-electron chi connectivity index (χ2n) is 5.00. The molecular weight excluding hydrogens is 306 g/mol. The molecule has 0 bridgehead atoms. The summed E-state index contributed by atoms with van der Waals surface area (Å²) in [7, 11) is 1.29. The van der Waals surface area contributed by atoms with E-state index < -0.39 is 5.97 Å². The minimum Gasteiger partial charge on any atom is -0.492 e. The molecule has 1 fully saturated rings. The van der Waals surface area contributed by atoms with Crippen molar-refractivity contribution in [2.24, 2.45) is 5.92 Å². The van der Waals surface area contributed by atoms with Crippen molar-refractivity contribution in [3.63, 3.8) is 0 Å². The molecule has 1 N–H and O–H groups in total. The van der Waals surface area contributed by atoms with E-state index in [0.29, 0.717) is 28.9 Å². The first-order valence-electron chi connectivity index (χ1n) is 7.05. The quantitative estimate of drug-likeness (QED) is 0.619. The van der Waals surface area contributed by atoms with Crippen LogP contribution < -0.4 is 10.1 Å². The van der Waals surface area contributed by atoms with Crippen molar-refractivity contribution >= 4 is 23.5 Å². The first kappa shape index (κ1) is 16.4.